The molecule has 1 fully saturated rings. The second kappa shape index (κ2) is 6.41. The summed E-state index contributed by atoms with van der Waals surface area (Å²) in [6.07, 6.45) is 6.86. The van der Waals surface area contributed by atoms with Crippen LogP contribution in [0.4, 0.5) is 0 Å². The van der Waals surface area contributed by atoms with Crippen molar-refractivity contribution in [2.45, 2.75) is 18.8 Å². The fourth-order valence-corrected chi connectivity index (χ4v) is 4.41. The molecule has 1 aliphatic carbocycles. The van der Waals surface area contributed by atoms with Crippen LogP contribution in [0.2, 0.25) is 0 Å². The first-order chi connectivity index (χ1) is 11.8. The predicted octanol–water partition coefficient (Wildman–Crippen LogP) is 5.20. The molecule has 0 N–H and O–H groups in total. The van der Waals surface area contributed by atoms with Gasteiger partial charge in [-0.1, -0.05) is 61.2 Å². The van der Waals surface area contributed by atoms with Crippen molar-refractivity contribution in [2.75, 3.05) is 20.1 Å². The van der Waals surface area contributed by atoms with Crippen LogP contribution in [-0.2, 0) is 0 Å². The number of piperidine rings is 1. The summed E-state index contributed by atoms with van der Waals surface area (Å²) in [4.78, 5) is 2.46. The van der Waals surface area contributed by atoms with Gasteiger partial charge in [-0.3, -0.25) is 0 Å². The third kappa shape index (κ3) is 2.63. The van der Waals surface area contributed by atoms with Gasteiger partial charge >= 0.3 is 0 Å². The Morgan fingerprint density at radius 2 is 1.62 bits per heavy atom. The van der Waals surface area contributed by atoms with Gasteiger partial charge in [-0.05, 0) is 72.8 Å². The molecule has 1 atom stereocenters. The molecule has 0 spiro atoms. The predicted molar refractivity (Wildman–Crippen MR) is 103 cm³/mol. The number of allylic oxidation sites excluding steroid dienone is 2. The van der Waals surface area contributed by atoms with Gasteiger partial charge in [-0.2, -0.15) is 0 Å². The van der Waals surface area contributed by atoms with E-state index in [1.165, 1.54) is 53.8 Å². The zero-order valence-electron chi connectivity index (χ0n) is 14.4. The van der Waals surface area contributed by atoms with Crippen molar-refractivity contribution >= 4 is 11.6 Å². The lowest BCUT2D eigenvalue weighted by Crippen LogP contribution is -2.33. The van der Waals surface area contributed by atoms with Gasteiger partial charge in [0.05, 0.1) is 0 Å². The largest absolute Gasteiger partial charge is 0.306 e. The average molecular weight is 315 g/mol. The van der Waals surface area contributed by atoms with E-state index in [9.17, 15) is 0 Å². The molecule has 0 saturated carbocycles. The zero-order valence-corrected chi connectivity index (χ0v) is 14.4. The normalized spacial score (nSPS) is 21.4. The van der Waals surface area contributed by atoms with E-state index in [-0.39, 0.29) is 0 Å². The second-order valence-electron chi connectivity index (χ2n) is 7.14. The van der Waals surface area contributed by atoms with Gasteiger partial charge in [-0.25, -0.2) is 0 Å². The Morgan fingerprint density at radius 3 is 2.38 bits per heavy atom. The summed E-state index contributed by atoms with van der Waals surface area (Å²) in [6, 6.07) is 17.9. The van der Waals surface area contributed by atoms with Crippen LogP contribution in [-0.4, -0.2) is 25.0 Å². The van der Waals surface area contributed by atoms with Gasteiger partial charge in [0, 0.05) is 5.92 Å². The van der Waals surface area contributed by atoms with Crippen molar-refractivity contribution in [2.24, 2.45) is 5.92 Å². The molecular weight excluding hydrogens is 290 g/mol. The maximum Gasteiger partial charge on any atom is 0.0131 e. The van der Waals surface area contributed by atoms with E-state index in [0.29, 0.717) is 11.8 Å². The molecule has 4 rings (SSSR count). The fourth-order valence-electron chi connectivity index (χ4n) is 4.41. The average Bonchev–Trinajstić information content (AvgIpc) is 2.77. The van der Waals surface area contributed by atoms with Crippen molar-refractivity contribution in [3.63, 3.8) is 0 Å². The third-order valence-electron chi connectivity index (χ3n) is 5.70. The van der Waals surface area contributed by atoms with Crippen molar-refractivity contribution in [3.8, 4) is 0 Å². The van der Waals surface area contributed by atoms with E-state index < -0.39 is 0 Å². The summed E-state index contributed by atoms with van der Waals surface area (Å²) in [7, 11) is 2.24. The molecule has 1 heteroatoms. The SMILES string of the molecule is C=CC1=Cc2ccccc2C(C2CCN(C)CC2)c2ccccc21. The minimum absolute atomic E-state index is 0.486. The number of likely N-dealkylation sites (tertiary alicyclic amines) is 1. The highest BCUT2D eigenvalue weighted by atomic mass is 15.1. The molecule has 0 amide bonds. The first-order valence-corrected chi connectivity index (χ1v) is 8.99. The summed E-state index contributed by atoms with van der Waals surface area (Å²) in [5.41, 5.74) is 6.91. The highest BCUT2D eigenvalue weighted by molar-refractivity contribution is 5.91. The molecule has 2 aliphatic rings. The molecular formula is C23H25N. The Morgan fingerprint density at radius 1 is 0.958 bits per heavy atom. The van der Waals surface area contributed by atoms with E-state index in [1.807, 2.05) is 6.08 Å². The Kier molecular flexibility index (Phi) is 4.12. The molecule has 2 aromatic carbocycles. The summed E-state index contributed by atoms with van der Waals surface area (Å²) < 4.78 is 0. The molecule has 0 radical (unpaired) electrons. The topological polar surface area (TPSA) is 3.24 Å². The molecule has 2 aromatic rings. The Labute approximate surface area is 145 Å². The lowest BCUT2D eigenvalue weighted by atomic mass is 9.74. The number of rotatable bonds is 2. The number of hydrogen-bond donors (Lipinski definition) is 0. The van der Waals surface area contributed by atoms with Gasteiger partial charge in [0.25, 0.3) is 0 Å². The molecule has 24 heavy (non-hydrogen) atoms. The number of nitrogens with zero attached hydrogens (tertiary/aromatic N) is 1. The van der Waals surface area contributed by atoms with E-state index in [1.54, 1.807) is 0 Å². The molecule has 1 unspecified atom stereocenters. The second-order valence-corrected chi connectivity index (χ2v) is 7.14. The van der Waals surface area contributed by atoms with E-state index in [0.717, 1.165) is 0 Å². The van der Waals surface area contributed by atoms with Gasteiger partial charge in [0.2, 0.25) is 0 Å². The Bertz CT molecular complexity index is 778. The van der Waals surface area contributed by atoms with Gasteiger partial charge in [0.1, 0.15) is 0 Å². The molecule has 1 nitrogen and oxygen atoms in total. The van der Waals surface area contributed by atoms with E-state index in [4.69, 9.17) is 0 Å². The highest BCUT2D eigenvalue weighted by Crippen LogP contribution is 2.44. The van der Waals surface area contributed by atoms with Gasteiger partial charge < -0.3 is 4.90 Å². The molecule has 1 heterocycles. The number of hydrogen-bond acceptors (Lipinski definition) is 1. The molecule has 0 aromatic heterocycles. The third-order valence-corrected chi connectivity index (χ3v) is 5.70. The van der Waals surface area contributed by atoms with Crippen LogP contribution < -0.4 is 0 Å². The van der Waals surface area contributed by atoms with Crippen LogP contribution >= 0.6 is 0 Å². The van der Waals surface area contributed by atoms with Gasteiger partial charge in [0.15, 0.2) is 0 Å². The maximum absolute atomic E-state index is 4.07. The summed E-state index contributed by atoms with van der Waals surface area (Å²) in [6.45, 7) is 6.47. The molecule has 1 saturated heterocycles. The van der Waals surface area contributed by atoms with Crippen molar-refractivity contribution in [3.05, 3.63) is 83.4 Å². The standard InChI is InChI=1S/C23H25N/c1-3-17-16-19-8-4-5-10-21(19)23(18-12-14-24(2)15-13-18)22-11-7-6-9-20(17)22/h3-11,16,18,23H,1,12-15H2,2H3. The lowest BCUT2D eigenvalue weighted by molar-refractivity contribution is 0.207. The van der Waals surface area contributed by atoms with Crippen molar-refractivity contribution < 1.29 is 0 Å². The monoisotopic (exact) mass is 315 g/mol. The van der Waals surface area contributed by atoms with Crippen LogP contribution in [0.3, 0.4) is 0 Å². The first-order valence-electron chi connectivity index (χ1n) is 8.99. The maximum atomic E-state index is 4.07. The molecule has 0 bridgehead atoms. The minimum Gasteiger partial charge on any atom is -0.306 e. The van der Waals surface area contributed by atoms with Crippen LogP contribution in [0.15, 0.2) is 61.2 Å². The summed E-state index contributed by atoms with van der Waals surface area (Å²) in [5, 5.41) is 0. The highest BCUT2D eigenvalue weighted by Gasteiger charge is 2.32. The Balaban J connectivity index is 1.89. The fraction of sp³-hybridized carbons (Fsp3) is 0.304. The van der Waals surface area contributed by atoms with Gasteiger partial charge in [-0.15, -0.1) is 0 Å². The lowest BCUT2D eigenvalue weighted by Gasteiger charge is -2.35. The van der Waals surface area contributed by atoms with Crippen LogP contribution in [0.25, 0.3) is 11.6 Å². The number of benzene rings is 2. The Hall–Kier alpha value is -2.12. The van der Waals surface area contributed by atoms with Crippen molar-refractivity contribution in [1.29, 1.82) is 0 Å². The summed E-state index contributed by atoms with van der Waals surface area (Å²) >= 11 is 0. The van der Waals surface area contributed by atoms with E-state index >= 15 is 0 Å². The van der Waals surface area contributed by atoms with Crippen LogP contribution in [0, 0.1) is 5.92 Å². The quantitative estimate of drug-likeness (QED) is 0.736. The smallest absolute Gasteiger partial charge is 0.0131 e. The minimum atomic E-state index is 0.486. The van der Waals surface area contributed by atoms with Crippen LogP contribution in [0.1, 0.15) is 41.0 Å². The first kappa shape index (κ1) is 15.4. The molecule has 122 valence electrons. The van der Waals surface area contributed by atoms with Crippen LogP contribution in [0.5, 0.6) is 0 Å². The van der Waals surface area contributed by atoms with Crippen molar-refractivity contribution in [1.82, 2.24) is 4.90 Å². The zero-order chi connectivity index (χ0) is 16.5. The summed E-state index contributed by atoms with van der Waals surface area (Å²) in [5.74, 6) is 1.20. The number of fused-ring (bicyclic) bond motifs is 2. The molecule has 1 aliphatic heterocycles. The van der Waals surface area contributed by atoms with E-state index in [2.05, 4.69) is 73.1 Å².